The molecule has 0 fully saturated rings. The van der Waals surface area contributed by atoms with Crippen molar-refractivity contribution in [2.24, 2.45) is 0 Å². The van der Waals surface area contributed by atoms with E-state index in [1.165, 1.54) is 18.2 Å². The van der Waals surface area contributed by atoms with Crippen LogP contribution in [0.4, 0.5) is 0 Å². The number of fused-ring (bicyclic) bond motifs is 4. The average molecular weight is 358 g/mol. The number of hydrogen-bond acceptors (Lipinski definition) is 5. The maximum atomic E-state index is 7.41. The lowest BCUT2D eigenvalue weighted by Crippen LogP contribution is -2.39. The normalized spacial score (nSPS) is 20.6. The van der Waals surface area contributed by atoms with E-state index in [0.29, 0.717) is 5.75 Å². The SMILES string of the molecule is [2H]C([2H])([2H])Oc1cc2c(cc1OC)[C@@H]1Cc3ccc(OC)c(OC)c3CN1CC2. The summed E-state index contributed by atoms with van der Waals surface area (Å²) < 4.78 is 43.9. The minimum atomic E-state index is -2.51. The highest BCUT2D eigenvalue weighted by atomic mass is 16.5. The molecule has 2 heterocycles. The Kier molecular flexibility index (Phi) is 3.56. The Balaban J connectivity index is 1.73. The summed E-state index contributed by atoms with van der Waals surface area (Å²) in [6, 6.07) is 8.00. The molecule has 1 atom stereocenters. The Bertz CT molecular complexity index is 929. The van der Waals surface area contributed by atoms with E-state index in [1.54, 1.807) is 14.2 Å². The van der Waals surface area contributed by atoms with Crippen molar-refractivity contribution in [1.82, 2.24) is 4.90 Å². The quantitative estimate of drug-likeness (QED) is 0.838. The average Bonchev–Trinajstić information content (AvgIpc) is 2.69. The molecule has 2 aromatic carbocycles. The molecule has 0 bridgehead atoms. The molecular formula is C21H25NO4. The van der Waals surface area contributed by atoms with Gasteiger partial charge in [-0.15, -0.1) is 0 Å². The molecule has 26 heavy (non-hydrogen) atoms. The van der Waals surface area contributed by atoms with Gasteiger partial charge in [0.2, 0.25) is 0 Å². The number of ether oxygens (including phenoxy) is 4. The molecule has 0 saturated heterocycles. The van der Waals surface area contributed by atoms with E-state index in [1.807, 2.05) is 18.2 Å². The maximum absolute atomic E-state index is 7.41. The summed E-state index contributed by atoms with van der Waals surface area (Å²) >= 11 is 0. The minimum Gasteiger partial charge on any atom is -0.493 e. The molecule has 0 saturated carbocycles. The Morgan fingerprint density at radius 1 is 0.962 bits per heavy atom. The highest BCUT2D eigenvalue weighted by Crippen LogP contribution is 2.45. The summed E-state index contributed by atoms with van der Waals surface area (Å²) in [6.45, 7) is 1.65. The zero-order valence-electron chi connectivity index (χ0n) is 18.3. The Hall–Kier alpha value is -2.40. The van der Waals surface area contributed by atoms with E-state index in [9.17, 15) is 0 Å². The molecule has 0 spiro atoms. The molecule has 0 aliphatic carbocycles. The second-order valence-corrected chi connectivity index (χ2v) is 6.68. The fraction of sp³-hybridized carbons (Fsp3) is 0.429. The fourth-order valence-electron chi connectivity index (χ4n) is 4.24. The van der Waals surface area contributed by atoms with E-state index in [0.717, 1.165) is 48.6 Å². The molecule has 4 rings (SSSR count). The van der Waals surface area contributed by atoms with Gasteiger partial charge in [-0.05, 0) is 47.7 Å². The van der Waals surface area contributed by atoms with Crippen molar-refractivity contribution < 1.29 is 23.1 Å². The summed E-state index contributed by atoms with van der Waals surface area (Å²) in [6.07, 6.45) is 1.65. The van der Waals surface area contributed by atoms with Gasteiger partial charge in [0.15, 0.2) is 23.0 Å². The Morgan fingerprint density at radius 2 is 1.77 bits per heavy atom. The molecule has 0 N–H and O–H groups in total. The molecule has 138 valence electrons. The van der Waals surface area contributed by atoms with Crippen LogP contribution in [0.15, 0.2) is 24.3 Å². The molecule has 5 heteroatoms. The first kappa shape index (κ1) is 13.8. The highest BCUT2D eigenvalue weighted by molar-refractivity contribution is 5.54. The van der Waals surface area contributed by atoms with Crippen LogP contribution in [0, 0.1) is 0 Å². The van der Waals surface area contributed by atoms with E-state index in [-0.39, 0.29) is 11.8 Å². The smallest absolute Gasteiger partial charge is 0.165 e. The van der Waals surface area contributed by atoms with Crippen LogP contribution in [0.3, 0.4) is 0 Å². The number of benzene rings is 2. The fourth-order valence-corrected chi connectivity index (χ4v) is 4.24. The Morgan fingerprint density at radius 3 is 2.50 bits per heavy atom. The van der Waals surface area contributed by atoms with Gasteiger partial charge in [0.25, 0.3) is 0 Å². The molecular weight excluding hydrogens is 330 g/mol. The lowest BCUT2D eigenvalue weighted by atomic mass is 9.83. The van der Waals surface area contributed by atoms with Crippen LogP contribution in [0.2, 0.25) is 0 Å². The van der Waals surface area contributed by atoms with E-state index in [4.69, 9.17) is 23.1 Å². The van der Waals surface area contributed by atoms with Gasteiger partial charge < -0.3 is 18.9 Å². The zero-order chi connectivity index (χ0) is 20.8. The van der Waals surface area contributed by atoms with Crippen molar-refractivity contribution in [3.05, 3.63) is 46.5 Å². The minimum absolute atomic E-state index is 0.195. The predicted octanol–water partition coefficient (Wildman–Crippen LogP) is 3.38. The number of methoxy groups -OCH3 is 4. The van der Waals surface area contributed by atoms with Gasteiger partial charge in [-0.3, -0.25) is 4.90 Å². The number of nitrogens with zero attached hydrogens (tertiary/aromatic N) is 1. The lowest BCUT2D eigenvalue weighted by molar-refractivity contribution is 0.157. The van der Waals surface area contributed by atoms with Crippen LogP contribution in [-0.4, -0.2) is 39.8 Å². The van der Waals surface area contributed by atoms with E-state index < -0.39 is 7.04 Å². The van der Waals surface area contributed by atoms with Crippen LogP contribution in [0.25, 0.3) is 0 Å². The molecule has 2 aliphatic rings. The topological polar surface area (TPSA) is 40.2 Å². The van der Waals surface area contributed by atoms with Gasteiger partial charge in [-0.1, -0.05) is 6.07 Å². The maximum Gasteiger partial charge on any atom is 0.165 e. The summed E-state index contributed by atoms with van der Waals surface area (Å²) in [5.74, 6) is 2.26. The summed E-state index contributed by atoms with van der Waals surface area (Å²) in [4.78, 5) is 2.43. The van der Waals surface area contributed by atoms with Crippen molar-refractivity contribution in [3.63, 3.8) is 0 Å². The highest BCUT2D eigenvalue weighted by Gasteiger charge is 2.34. The van der Waals surface area contributed by atoms with E-state index in [2.05, 4.69) is 11.0 Å². The van der Waals surface area contributed by atoms with Gasteiger partial charge in [0.1, 0.15) is 0 Å². The summed E-state index contributed by atoms with van der Waals surface area (Å²) in [5.41, 5.74) is 4.67. The van der Waals surface area contributed by atoms with Crippen molar-refractivity contribution in [1.29, 1.82) is 0 Å². The van der Waals surface area contributed by atoms with Gasteiger partial charge >= 0.3 is 0 Å². The van der Waals surface area contributed by atoms with Crippen LogP contribution >= 0.6 is 0 Å². The molecule has 0 aromatic heterocycles. The third-order valence-electron chi connectivity index (χ3n) is 5.52. The number of hydrogen-bond donors (Lipinski definition) is 0. The molecule has 2 aliphatic heterocycles. The zero-order valence-corrected chi connectivity index (χ0v) is 15.3. The van der Waals surface area contributed by atoms with Crippen molar-refractivity contribution in [2.75, 3.05) is 34.9 Å². The van der Waals surface area contributed by atoms with Crippen molar-refractivity contribution in [2.45, 2.75) is 25.4 Å². The van der Waals surface area contributed by atoms with Crippen LogP contribution in [-0.2, 0) is 19.4 Å². The molecule has 5 nitrogen and oxygen atoms in total. The first-order valence-electron chi connectivity index (χ1n) is 10.2. The van der Waals surface area contributed by atoms with Gasteiger partial charge in [-0.25, -0.2) is 0 Å². The predicted molar refractivity (Wildman–Crippen MR) is 99.7 cm³/mol. The molecule has 2 aromatic rings. The van der Waals surface area contributed by atoms with Gasteiger partial charge in [0.05, 0.1) is 32.5 Å². The largest absolute Gasteiger partial charge is 0.493 e. The standard InChI is InChI=1S/C21H25NO4/c1-23-18-6-5-13-9-17-15-11-20(25-3)19(24-2)10-14(15)7-8-22(17)12-16(13)21(18)26-4/h5-6,10-11,17H,7-9,12H2,1-4H3/t17-/m0/s1/i2D3. The van der Waals surface area contributed by atoms with Crippen LogP contribution in [0.1, 0.15) is 32.4 Å². The third kappa shape index (κ3) is 2.58. The first-order chi connectivity index (χ1) is 13.8. The molecule has 0 radical (unpaired) electrons. The summed E-state index contributed by atoms with van der Waals surface area (Å²) in [7, 11) is 2.34. The first-order valence-corrected chi connectivity index (χ1v) is 8.71. The third-order valence-corrected chi connectivity index (χ3v) is 5.52. The number of rotatable bonds is 4. The van der Waals surface area contributed by atoms with Crippen molar-refractivity contribution in [3.8, 4) is 23.0 Å². The molecule has 0 amide bonds. The monoisotopic (exact) mass is 358 g/mol. The van der Waals surface area contributed by atoms with Crippen molar-refractivity contribution >= 4 is 0 Å². The second-order valence-electron chi connectivity index (χ2n) is 6.68. The lowest BCUT2D eigenvalue weighted by Gasteiger charge is -2.42. The van der Waals surface area contributed by atoms with Gasteiger partial charge in [0, 0.05) is 24.7 Å². The Labute approximate surface area is 158 Å². The van der Waals surface area contributed by atoms with Crippen LogP contribution in [0.5, 0.6) is 23.0 Å². The molecule has 0 unspecified atom stereocenters. The summed E-state index contributed by atoms with van der Waals surface area (Å²) in [5, 5.41) is 0. The van der Waals surface area contributed by atoms with E-state index >= 15 is 0 Å². The van der Waals surface area contributed by atoms with Gasteiger partial charge in [-0.2, -0.15) is 0 Å². The second kappa shape index (κ2) is 6.72. The van der Waals surface area contributed by atoms with Crippen LogP contribution < -0.4 is 18.9 Å².